The summed E-state index contributed by atoms with van der Waals surface area (Å²) >= 11 is 2.69. The van der Waals surface area contributed by atoms with Gasteiger partial charge in [0.1, 0.15) is 4.83 Å². The molecule has 1 aromatic carbocycles. The average molecular weight is 416 g/mol. The van der Waals surface area contributed by atoms with Gasteiger partial charge in [0.25, 0.3) is 5.56 Å². The molecule has 3 heterocycles. The zero-order chi connectivity index (χ0) is 20.0. The molecule has 0 aliphatic heterocycles. The average Bonchev–Trinajstić information content (AvgIpc) is 3.15. The van der Waals surface area contributed by atoms with Crippen LogP contribution in [0, 0.1) is 13.8 Å². The van der Waals surface area contributed by atoms with Crippen molar-refractivity contribution in [2.24, 2.45) is 7.05 Å². The van der Waals surface area contributed by atoms with Gasteiger partial charge in [-0.15, -0.1) is 11.3 Å². The van der Waals surface area contributed by atoms with Crippen molar-refractivity contribution in [3.63, 3.8) is 0 Å². The minimum atomic E-state index is -0.296. The van der Waals surface area contributed by atoms with Crippen molar-refractivity contribution in [3.05, 3.63) is 49.5 Å². The van der Waals surface area contributed by atoms with Crippen molar-refractivity contribution in [1.29, 1.82) is 0 Å². The van der Waals surface area contributed by atoms with Gasteiger partial charge in [0.15, 0.2) is 5.16 Å². The number of aromatic nitrogens is 4. The number of aryl methyl sites for hydroxylation is 2. The maximum absolute atomic E-state index is 12.6. The lowest BCUT2D eigenvalue weighted by Gasteiger charge is -2.08. The lowest BCUT2D eigenvalue weighted by Crippen LogP contribution is -2.21. The summed E-state index contributed by atoms with van der Waals surface area (Å²) in [6.07, 6.45) is 0. The second-order valence-electron chi connectivity index (χ2n) is 6.40. The van der Waals surface area contributed by atoms with Crippen LogP contribution in [0.1, 0.15) is 10.4 Å². The fraction of sp³-hybridized carbons (Fsp3) is 0.222. The van der Waals surface area contributed by atoms with E-state index in [-0.39, 0.29) is 22.9 Å². The predicted molar refractivity (Wildman–Crippen MR) is 113 cm³/mol. The number of nitrogens with zero attached hydrogens (tertiary/aromatic N) is 2. The third-order valence-electron chi connectivity index (χ3n) is 4.50. The van der Waals surface area contributed by atoms with Gasteiger partial charge >= 0.3 is 5.69 Å². The van der Waals surface area contributed by atoms with E-state index in [0.717, 1.165) is 10.4 Å². The van der Waals surface area contributed by atoms with E-state index in [2.05, 4.69) is 20.3 Å². The number of carbonyl (C=O) groups is 1. The van der Waals surface area contributed by atoms with Gasteiger partial charge < -0.3 is 15.3 Å². The monoisotopic (exact) mass is 415 g/mol. The summed E-state index contributed by atoms with van der Waals surface area (Å²) in [5.41, 5.74) is 2.43. The molecule has 28 heavy (non-hydrogen) atoms. The molecule has 3 N–H and O–H groups in total. The number of imidazole rings is 1. The number of nitrogens with one attached hydrogen (secondary N) is 3. The molecular weight excluding hydrogens is 398 g/mol. The summed E-state index contributed by atoms with van der Waals surface area (Å²) in [7, 11) is 1.66. The Hall–Kier alpha value is -2.85. The van der Waals surface area contributed by atoms with Crippen molar-refractivity contribution < 1.29 is 4.79 Å². The van der Waals surface area contributed by atoms with Crippen molar-refractivity contribution >= 4 is 55.9 Å². The number of anilines is 1. The smallest absolute Gasteiger partial charge is 0.323 e. The largest absolute Gasteiger partial charge is 0.325 e. The van der Waals surface area contributed by atoms with Gasteiger partial charge in [-0.3, -0.25) is 14.2 Å². The van der Waals surface area contributed by atoms with Gasteiger partial charge in [-0.1, -0.05) is 11.8 Å². The topological polar surface area (TPSA) is 113 Å². The first-order valence-electron chi connectivity index (χ1n) is 8.45. The van der Waals surface area contributed by atoms with Crippen LogP contribution in [0.5, 0.6) is 0 Å². The minimum Gasteiger partial charge on any atom is -0.325 e. The van der Waals surface area contributed by atoms with Gasteiger partial charge in [0, 0.05) is 17.6 Å². The van der Waals surface area contributed by atoms with Crippen LogP contribution in [0.25, 0.3) is 21.3 Å². The number of thiophene rings is 1. The Morgan fingerprint density at radius 3 is 2.79 bits per heavy atom. The second kappa shape index (κ2) is 6.95. The van der Waals surface area contributed by atoms with E-state index in [1.54, 1.807) is 25.2 Å². The molecule has 3 aromatic heterocycles. The second-order valence-corrected chi connectivity index (χ2v) is 8.54. The molecule has 0 aliphatic rings. The molecule has 0 spiro atoms. The van der Waals surface area contributed by atoms with Crippen molar-refractivity contribution in [2.75, 3.05) is 11.1 Å². The molecule has 0 saturated carbocycles. The van der Waals surface area contributed by atoms with E-state index in [4.69, 9.17) is 0 Å². The number of hydrogen-bond donors (Lipinski definition) is 3. The number of hydrogen-bond acceptors (Lipinski definition) is 6. The van der Waals surface area contributed by atoms with Crippen LogP contribution >= 0.6 is 23.1 Å². The van der Waals surface area contributed by atoms with E-state index in [0.29, 0.717) is 32.1 Å². The van der Waals surface area contributed by atoms with Crippen LogP contribution in [-0.4, -0.2) is 31.2 Å². The van der Waals surface area contributed by atoms with E-state index >= 15 is 0 Å². The van der Waals surface area contributed by atoms with Gasteiger partial charge in [0.2, 0.25) is 5.91 Å². The van der Waals surface area contributed by atoms with E-state index in [1.807, 2.05) is 13.8 Å². The number of rotatable bonds is 4. The zero-order valence-electron chi connectivity index (χ0n) is 15.4. The van der Waals surface area contributed by atoms with Crippen LogP contribution < -0.4 is 16.6 Å². The quantitative estimate of drug-likeness (QED) is 0.350. The Kier molecular flexibility index (Phi) is 4.60. The summed E-state index contributed by atoms with van der Waals surface area (Å²) in [5.74, 6) is -0.119. The Balaban J connectivity index is 1.51. The normalized spacial score (nSPS) is 11.4. The maximum atomic E-state index is 12.6. The Morgan fingerprint density at radius 2 is 2.00 bits per heavy atom. The molecule has 0 saturated heterocycles. The highest BCUT2D eigenvalue weighted by atomic mass is 32.2. The van der Waals surface area contributed by atoms with E-state index < -0.39 is 0 Å². The predicted octanol–water partition coefficient (Wildman–Crippen LogP) is 2.51. The molecule has 144 valence electrons. The number of aromatic amines is 2. The molecule has 10 heteroatoms. The molecule has 1 amide bonds. The molecule has 4 rings (SSSR count). The number of carbonyl (C=O) groups excluding carboxylic acids is 1. The summed E-state index contributed by atoms with van der Waals surface area (Å²) in [6, 6.07) is 5.12. The van der Waals surface area contributed by atoms with Gasteiger partial charge in [-0.05, 0) is 37.6 Å². The third-order valence-corrected chi connectivity index (χ3v) is 6.63. The van der Waals surface area contributed by atoms with Gasteiger partial charge in [0.05, 0.1) is 22.2 Å². The molecule has 0 atom stereocenters. The first-order chi connectivity index (χ1) is 13.3. The van der Waals surface area contributed by atoms with Gasteiger partial charge in [-0.2, -0.15) is 0 Å². The summed E-state index contributed by atoms with van der Waals surface area (Å²) in [5, 5.41) is 3.94. The van der Waals surface area contributed by atoms with Crippen molar-refractivity contribution in [3.8, 4) is 0 Å². The molecular formula is C18H17N5O3S2. The van der Waals surface area contributed by atoms with Crippen molar-refractivity contribution in [2.45, 2.75) is 19.0 Å². The SMILES string of the molecule is Cc1sc2nc(SCC(=O)Nc3ccc4[nH]c(=O)[nH]c4c3)n(C)c(=O)c2c1C. The fourth-order valence-electron chi connectivity index (χ4n) is 2.92. The van der Waals surface area contributed by atoms with E-state index in [1.165, 1.54) is 27.7 Å². The van der Waals surface area contributed by atoms with Crippen LogP contribution in [0.15, 0.2) is 32.9 Å². The molecule has 8 nitrogen and oxygen atoms in total. The fourth-order valence-corrected chi connectivity index (χ4v) is 4.76. The molecule has 0 radical (unpaired) electrons. The number of amides is 1. The number of thioether (sulfide) groups is 1. The summed E-state index contributed by atoms with van der Waals surface area (Å²) in [6.45, 7) is 3.89. The standard InChI is InChI=1S/C18H17N5O3S2/c1-8-9(2)28-15-14(8)16(25)23(3)18(22-15)27-7-13(24)19-10-4-5-11-12(6-10)21-17(26)20-11/h4-6H,7H2,1-3H3,(H,19,24)(H2,20,21,26). The molecule has 4 aromatic rings. The minimum absolute atomic E-state index is 0.100. The van der Waals surface area contributed by atoms with Crippen LogP contribution in [0.2, 0.25) is 0 Å². The van der Waals surface area contributed by atoms with Crippen LogP contribution in [0.3, 0.4) is 0 Å². The van der Waals surface area contributed by atoms with E-state index in [9.17, 15) is 14.4 Å². The lowest BCUT2D eigenvalue weighted by atomic mass is 10.2. The highest BCUT2D eigenvalue weighted by molar-refractivity contribution is 7.99. The summed E-state index contributed by atoms with van der Waals surface area (Å²) < 4.78 is 1.48. The highest BCUT2D eigenvalue weighted by Gasteiger charge is 2.16. The molecule has 0 fully saturated rings. The zero-order valence-corrected chi connectivity index (χ0v) is 17.0. The first-order valence-corrected chi connectivity index (χ1v) is 10.2. The maximum Gasteiger partial charge on any atom is 0.323 e. The van der Waals surface area contributed by atoms with Crippen molar-refractivity contribution in [1.82, 2.24) is 19.5 Å². The molecule has 0 unspecified atom stereocenters. The first kappa shape index (κ1) is 18.5. The Morgan fingerprint density at radius 1 is 1.25 bits per heavy atom. The molecule has 0 bridgehead atoms. The number of H-pyrrole nitrogens is 2. The number of fused-ring (bicyclic) bond motifs is 2. The molecule has 0 aliphatic carbocycles. The number of benzene rings is 1. The van der Waals surface area contributed by atoms with Crippen LogP contribution in [-0.2, 0) is 11.8 Å². The summed E-state index contributed by atoms with van der Waals surface area (Å²) in [4.78, 5) is 47.9. The lowest BCUT2D eigenvalue weighted by molar-refractivity contribution is -0.113. The Labute approximate surface area is 167 Å². The van der Waals surface area contributed by atoms with Crippen LogP contribution in [0.4, 0.5) is 5.69 Å². The third kappa shape index (κ3) is 3.25. The highest BCUT2D eigenvalue weighted by Crippen LogP contribution is 2.28. The van der Waals surface area contributed by atoms with Gasteiger partial charge in [-0.25, -0.2) is 9.78 Å². The Bertz CT molecular complexity index is 1350.